The number of hydrogen-bond acceptors (Lipinski definition) is 2. The highest BCUT2D eigenvalue weighted by atomic mass is 19.1. The van der Waals surface area contributed by atoms with Crippen molar-refractivity contribution in [2.24, 2.45) is 5.92 Å². The summed E-state index contributed by atoms with van der Waals surface area (Å²) >= 11 is 0. The number of carbonyl (C=O) groups excluding carboxylic acids is 1. The Kier molecular flexibility index (Phi) is 4.32. The van der Waals surface area contributed by atoms with Gasteiger partial charge in [-0.05, 0) is 31.4 Å². The summed E-state index contributed by atoms with van der Waals surface area (Å²) in [6.07, 6.45) is 1.06. The van der Waals surface area contributed by atoms with E-state index in [4.69, 9.17) is 5.11 Å². The fourth-order valence-corrected chi connectivity index (χ4v) is 2.48. The summed E-state index contributed by atoms with van der Waals surface area (Å²) in [6, 6.07) is 3.20. The van der Waals surface area contributed by atoms with Gasteiger partial charge in [-0.2, -0.15) is 0 Å². The minimum absolute atomic E-state index is 0.238. The number of rotatable bonds is 4. The molecule has 2 rings (SSSR count). The van der Waals surface area contributed by atoms with Gasteiger partial charge in [-0.1, -0.05) is 6.07 Å². The van der Waals surface area contributed by atoms with Gasteiger partial charge in [-0.25, -0.2) is 8.78 Å². The number of aliphatic carboxylic acids is 1. The van der Waals surface area contributed by atoms with Crippen LogP contribution in [0.3, 0.4) is 0 Å². The predicted molar refractivity (Wildman–Crippen MR) is 67.0 cm³/mol. The topological polar surface area (TPSA) is 66.4 Å². The van der Waals surface area contributed by atoms with E-state index in [9.17, 15) is 18.4 Å². The molecule has 1 amide bonds. The first-order chi connectivity index (χ1) is 9.47. The third-order valence-electron chi connectivity index (χ3n) is 3.55. The normalized spacial score (nSPS) is 21.7. The SMILES string of the molecule is O=C(Cc1c(F)cccc1F)N[C@H]1CC[C@@H](C(=O)O)C1. The van der Waals surface area contributed by atoms with Crippen molar-refractivity contribution in [3.8, 4) is 0 Å². The molecule has 0 saturated heterocycles. The van der Waals surface area contributed by atoms with E-state index in [0.717, 1.165) is 12.1 Å². The van der Waals surface area contributed by atoms with Crippen LogP contribution >= 0.6 is 0 Å². The Balaban J connectivity index is 1.92. The fraction of sp³-hybridized carbons (Fsp3) is 0.429. The van der Waals surface area contributed by atoms with E-state index in [1.54, 1.807) is 0 Å². The third-order valence-corrected chi connectivity index (χ3v) is 3.55. The van der Waals surface area contributed by atoms with Crippen LogP contribution in [0.1, 0.15) is 24.8 Å². The van der Waals surface area contributed by atoms with Gasteiger partial charge < -0.3 is 10.4 Å². The molecule has 108 valence electrons. The third kappa shape index (κ3) is 3.31. The highest BCUT2D eigenvalue weighted by Gasteiger charge is 2.30. The van der Waals surface area contributed by atoms with Crippen molar-refractivity contribution >= 4 is 11.9 Å². The van der Waals surface area contributed by atoms with E-state index in [1.165, 1.54) is 6.07 Å². The lowest BCUT2D eigenvalue weighted by Crippen LogP contribution is -2.34. The van der Waals surface area contributed by atoms with Crippen molar-refractivity contribution in [1.82, 2.24) is 5.32 Å². The first-order valence-corrected chi connectivity index (χ1v) is 6.42. The van der Waals surface area contributed by atoms with Gasteiger partial charge in [-0.3, -0.25) is 9.59 Å². The number of amides is 1. The molecule has 1 aliphatic rings. The van der Waals surface area contributed by atoms with E-state index < -0.39 is 29.4 Å². The lowest BCUT2D eigenvalue weighted by molar-refractivity contribution is -0.141. The minimum atomic E-state index is -0.873. The van der Waals surface area contributed by atoms with Crippen molar-refractivity contribution in [2.45, 2.75) is 31.7 Å². The van der Waals surface area contributed by atoms with E-state index in [1.807, 2.05) is 0 Å². The standard InChI is InChI=1S/C14H15F2NO3/c15-11-2-1-3-12(16)10(11)7-13(18)17-9-5-4-8(6-9)14(19)20/h1-3,8-9H,4-7H2,(H,17,18)(H,19,20)/t8-,9+/m1/s1. The molecule has 0 radical (unpaired) electrons. The van der Waals surface area contributed by atoms with Crippen molar-refractivity contribution in [1.29, 1.82) is 0 Å². The van der Waals surface area contributed by atoms with Crippen molar-refractivity contribution in [2.75, 3.05) is 0 Å². The molecular weight excluding hydrogens is 268 g/mol. The number of halogens is 2. The molecule has 6 heteroatoms. The lowest BCUT2D eigenvalue weighted by atomic mass is 10.1. The van der Waals surface area contributed by atoms with E-state index in [-0.39, 0.29) is 18.0 Å². The van der Waals surface area contributed by atoms with Crippen molar-refractivity contribution in [3.63, 3.8) is 0 Å². The van der Waals surface area contributed by atoms with Crippen LogP contribution < -0.4 is 5.32 Å². The highest BCUT2D eigenvalue weighted by Crippen LogP contribution is 2.25. The summed E-state index contributed by atoms with van der Waals surface area (Å²) in [5.74, 6) is -3.33. The first-order valence-electron chi connectivity index (χ1n) is 6.42. The number of benzene rings is 1. The number of hydrogen-bond donors (Lipinski definition) is 2. The number of carboxylic acids is 1. The van der Waals surface area contributed by atoms with E-state index in [2.05, 4.69) is 5.32 Å². The molecule has 1 aliphatic carbocycles. The van der Waals surface area contributed by atoms with Crippen LogP contribution in [0.5, 0.6) is 0 Å². The molecule has 0 heterocycles. The van der Waals surface area contributed by atoms with Crippen LogP contribution in [0.15, 0.2) is 18.2 Å². The van der Waals surface area contributed by atoms with Gasteiger partial charge in [0.2, 0.25) is 5.91 Å². The Labute approximate surface area is 114 Å². The second-order valence-electron chi connectivity index (χ2n) is 4.99. The maximum atomic E-state index is 13.4. The summed E-state index contributed by atoms with van der Waals surface area (Å²) in [4.78, 5) is 22.6. The molecule has 4 nitrogen and oxygen atoms in total. The van der Waals surface area contributed by atoms with E-state index in [0.29, 0.717) is 19.3 Å². The van der Waals surface area contributed by atoms with E-state index >= 15 is 0 Å². The molecular formula is C14H15F2NO3. The van der Waals surface area contributed by atoms with Gasteiger partial charge in [0.15, 0.2) is 0 Å². The molecule has 0 bridgehead atoms. The molecule has 1 aromatic rings. The Bertz CT molecular complexity index is 513. The van der Waals surface area contributed by atoms with Gasteiger partial charge in [0.05, 0.1) is 12.3 Å². The fourth-order valence-electron chi connectivity index (χ4n) is 2.48. The van der Waals surface area contributed by atoms with Crippen LogP contribution in [-0.4, -0.2) is 23.0 Å². The Morgan fingerprint density at radius 2 is 1.90 bits per heavy atom. The average Bonchev–Trinajstić information content (AvgIpc) is 2.82. The van der Waals surface area contributed by atoms with Crippen LogP contribution in [-0.2, 0) is 16.0 Å². The van der Waals surface area contributed by atoms with Crippen molar-refractivity contribution in [3.05, 3.63) is 35.4 Å². The number of nitrogens with one attached hydrogen (secondary N) is 1. The first kappa shape index (κ1) is 14.4. The lowest BCUT2D eigenvalue weighted by Gasteiger charge is -2.13. The smallest absolute Gasteiger partial charge is 0.306 e. The molecule has 1 fully saturated rings. The molecule has 1 aromatic carbocycles. The summed E-state index contributed by atoms with van der Waals surface area (Å²) in [7, 11) is 0. The molecule has 0 spiro atoms. The van der Waals surface area contributed by atoms with Crippen LogP contribution in [0.25, 0.3) is 0 Å². The zero-order chi connectivity index (χ0) is 14.7. The Morgan fingerprint density at radius 3 is 2.45 bits per heavy atom. The Hall–Kier alpha value is -1.98. The largest absolute Gasteiger partial charge is 0.481 e. The molecule has 0 unspecified atom stereocenters. The molecule has 0 aromatic heterocycles. The summed E-state index contributed by atoms with van der Waals surface area (Å²) in [5.41, 5.74) is -0.266. The summed E-state index contributed by atoms with van der Waals surface area (Å²) in [6.45, 7) is 0. The average molecular weight is 283 g/mol. The number of carboxylic acid groups (broad SMARTS) is 1. The zero-order valence-electron chi connectivity index (χ0n) is 10.7. The molecule has 1 saturated carbocycles. The quantitative estimate of drug-likeness (QED) is 0.886. The maximum Gasteiger partial charge on any atom is 0.306 e. The molecule has 2 N–H and O–H groups in total. The van der Waals surface area contributed by atoms with Gasteiger partial charge in [-0.15, -0.1) is 0 Å². The van der Waals surface area contributed by atoms with Gasteiger partial charge in [0, 0.05) is 11.6 Å². The molecule has 20 heavy (non-hydrogen) atoms. The highest BCUT2D eigenvalue weighted by molar-refractivity contribution is 5.79. The maximum absolute atomic E-state index is 13.4. The van der Waals surface area contributed by atoms with Crippen molar-refractivity contribution < 1.29 is 23.5 Å². The summed E-state index contributed by atoms with van der Waals surface area (Å²) in [5, 5.41) is 11.5. The zero-order valence-corrected chi connectivity index (χ0v) is 10.7. The van der Waals surface area contributed by atoms with Crippen LogP contribution in [0.2, 0.25) is 0 Å². The minimum Gasteiger partial charge on any atom is -0.481 e. The summed E-state index contributed by atoms with van der Waals surface area (Å²) < 4.78 is 26.8. The van der Waals surface area contributed by atoms with Gasteiger partial charge in [0.1, 0.15) is 11.6 Å². The van der Waals surface area contributed by atoms with Gasteiger partial charge in [0.25, 0.3) is 0 Å². The molecule has 0 aliphatic heterocycles. The Morgan fingerprint density at radius 1 is 1.25 bits per heavy atom. The van der Waals surface area contributed by atoms with Crippen LogP contribution in [0.4, 0.5) is 8.78 Å². The van der Waals surface area contributed by atoms with Gasteiger partial charge >= 0.3 is 5.97 Å². The second kappa shape index (κ2) is 5.98. The van der Waals surface area contributed by atoms with Crippen LogP contribution in [0, 0.1) is 17.6 Å². The number of carbonyl (C=O) groups is 2. The second-order valence-corrected chi connectivity index (χ2v) is 4.99. The predicted octanol–water partition coefficient (Wildman–Crippen LogP) is 1.88. The monoisotopic (exact) mass is 283 g/mol. The molecule has 2 atom stereocenters.